The first-order chi connectivity index (χ1) is 15.1. The summed E-state index contributed by atoms with van der Waals surface area (Å²) in [4.78, 5) is 28.5. The number of benzene rings is 3. The summed E-state index contributed by atoms with van der Waals surface area (Å²) >= 11 is 0. The van der Waals surface area contributed by atoms with Gasteiger partial charge in [-0.3, -0.25) is 9.69 Å². The third-order valence-corrected chi connectivity index (χ3v) is 6.40. The van der Waals surface area contributed by atoms with Crippen LogP contribution in [0.4, 0.5) is 4.79 Å². The summed E-state index contributed by atoms with van der Waals surface area (Å²) in [5, 5.41) is 3.03. The Bertz CT molecular complexity index is 1100. The SMILES string of the molecule is Cc1cc(C(C)(C)C)cc(C)c1CN1C(=O)NC(c2ccccc2)(c2ccccc2)C1=O. The van der Waals surface area contributed by atoms with Gasteiger partial charge in [0.05, 0.1) is 6.54 Å². The molecule has 0 unspecified atom stereocenters. The molecule has 3 aromatic carbocycles. The summed E-state index contributed by atoms with van der Waals surface area (Å²) in [6.07, 6.45) is 0. The number of nitrogens with zero attached hydrogens (tertiary/aromatic N) is 1. The van der Waals surface area contributed by atoms with Crippen molar-refractivity contribution in [3.8, 4) is 0 Å². The minimum atomic E-state index is -1.23. The highest BCUT2D eigenvalue weighted by Gasteiger charge is 2.53. The summed E-state index contributed by atoms with van der Waals surface area (Å²) in [7, 11) is 0. The van der Waals surface area contributed by atoms with Gasteiger partial charge >= 0.3 is 6.03 Å². The minimum Gasteiger partial charge on any atom is -0.315 e. The Morgan fingerprint density at radius 2 is 1.28 bits per heavy atom. The van der Waals surface area contributed by atoms with Gasteiger partial charge in [-0.1, -0.05) is 93.6 Å². The molecule has 0 saturated carbocycles. The Kier molecular flexibility index (Phi) is 5.41. The summed E-state index contributed by atoms with van der Waals surface area (Å²) < 4.78 is 0. The van der Waals surface area contributed by atoms with Crippen molar-refractivity contribution in [1.29, 1.82) is 0 Å². The van der Waals surface area contributed by atoms with Gasteiger partial charge in [-0.2, -0.15) is 0 Å². The Hall–Kier alpha value is -3.40. The molecule has 164 valence electrons. The van der Waals surface area contributed by atoms with Gasteiger partial charge in [0.1, 0.15) is 0 Å². The zero-order valence-electron chi connectivity index (χ0n) is 19.4. The third-order valence-electron chi connectivity index (χ3n) is 6.40. The Balaban J connectivity index is 1.77. The van der Waals surface area contributed by atoms with Gasteiger partial charge < -0.3 is 5.32 Å². The van der Waals surface area contributed by atoms with Gasteiger partial charge in [0, 0.05) is 0 Å². The average molecular weight is 427 g/mol. The van der Waals surface area contributed by atoms with Crippen molar-refractivity contribution in [3.05, 3.63) is 106 Å². The van der Waals surface area contributed by atoms with Crippen LogP contribution < -0.4 is 5.32 Å². The highest BCUT2D eigenvalue weighted by atomic mass is 16.2. The Labute approximate surface area is 190 Å². The molecule has 4 heteroatoms. The van der Waals surface area contributed by atoms with E-state index in [9.17, 15) is 9.59 Å². The Morgan fingerprint density at radius 1 is 0.812 bits per heavy atom. The first-order valence-corrected chi connectivity index (χ1v) is 11.0. The molecule has 1 aliphatic heterocycles. The maximum absolute atomic E-state index is 13.9. The lowest BCUT2D eigenvalue weighted by Crippen LogP contribution is -2.45. The van der Waals surface area contributed by atoms with Crippen molar-refractivity contribution < 1.29 is 9.59 Å². The largest absolute Gasteiger partial charge is 0.325 e. The lowest BCUT2D eigenvalue weighted by atomic mass is 9.82. The number of nitrogens with one attached hydrogen (secondary N) is 1. The van der Waals surface area contributed by atoms with E-state index in [0.29, 0.717) is 0 Å². The summed E-state index contributed by atoms with van der Waals surface area (Å²) in [5.74, 6) is -0.251. The van der Waals surface area contributed by atoms with Crippen molar-refractivity contribution in [1.82, 2.24) is 10.2 Å². The number of rotatable bonds is 4. The van der Waals surface area contributed by atoms with Crippen LogP contribution in [-0.4, -0.2) is 16.8 Å². The fourth-order valence-electron chi connectivity index (χ4n) is 4.49. The highest BCUT2D eigenvalue weighted by molar-refractivity contribution is 6.09. The average Bonchev–Trinajstić information content (AvgIpc) is 3.02. The van der Waals surface area contributed by atoms with Gasteiger partial charge in [-0.15, -0.1) is 0 Å². The fraction of sp³-hybridized carbons (Fsp3) is 0.286. The molecule has 32 heavy (non-hydrogen) atoms. The smallest absolute Gasteiger partial charge is 0.315 e. The van der Waals surface area contributed by atoms with E-state index < -0.39 is 5.54 Å². The quantitative estimate of drug-likeness (QED) is 0.552. The van der Waals surface area contributed by atoms with E-state index in [1.54, 1.807) is 0 Å². The van der Waals surface area contributed by atoms with Crippen molar-refractivity contribution in [2.75, 3.05) is 0 Å². The van der Waals surface area contributed by atoms with E-state index >= 15 is 0 Å². The van der Waals surface area contributed by atoms with Crippen LogP contribution in [0.1, 0.15) is 54.2 Å². The standard InChI is InChI=1S/C28H30N2O2/c1-19-16-23(27(3,4)5)17-20(2)24(19)18-30-25(31)28(29-26(30)32,21-12-8-6-9-13-21)22-14-10-7-11-15-22/h6-17H,18H2,1-5H3,(H,29,32). The molecule has 1 N–H and O–H groups in total. The molecule has 4 nitrogen and oxygen atoms in total. The van der Waals surface area contributed by atoms with E-state index in [4.69, 9.17) is 0 Å². The van der Waals surface area contributed by atoms with E-state index in [1.165, 1.54) is 10.5 Å². The van der Waals surface area contributed by atoms with Gasteiger partial charge in [0.25, 0.3) is 5.91 Å². The van der Waals surface area contributed by atoms with Crippen LogP contribution in [0.5, 0.6) is 0 Å². The molecule has 0 spiro atoms. The molecule has 0 radical (unpaired) electrons. The van der Waals surface area contributed by atoms with Crippen LogP contribution >= 0.6 is 0 Å². The second-order valence-electron chi connectivity index (χ2n) is 9.64. The molecule has 3 aromatic rings. The van der Waals surface area contributed by atoms with Gasteiger partial charge in [-0.05, 0) is 52.6 Å². The molecule has 0 atom stereocenters. The first-order valence-electron chi connectivity index (χ1n) is 11.0. The predicted molar refractivity (Wildman–Crippen MR) is 127 cm³/mol. The minimum absolute atomic E-state index is 0.0324. The van der Waals surface area contributed by atoms with Crippen molar-refractivity contribution in [3.63, 3.8) is 0 Å². The van der Waals surface area contributed by atoms with Crippen LogP contribution in [-0.2, 0) is 22.3 Å². The molecule has 1 heterocycles. The normalized spacial score (nSPS) is 15.7. The van der Waals surface area contributed by atoms with Gasteiger partial charge in [0.2, 0.25) is 0 Å². The monoisotopic (exact) mass is 426 g/mol. The lowest BCUT2D eigenvalue weighted by Gasteiger charge is -2.28. The molecule has 1 saturated heterocycles. The maximum atomic E-state index is 13.9. The zero-order chi connectivity index (χ0) is 23.1. The molecule has 0 aliphatic carbocycles. The number of amides is 3. The maximum Gasteiger partial charge on any atom is 0.325 e. The van der Waals surface area contributed by atoms with E-state index in [2.05, 4.69) is 52.1 Å². The molecule has 1 fully saturated rings. The number of carbonyl (C=O) groups is 2. The van der Waals surface area contributed by atoms with Crippen molar-refractivity contribution >= 4 is 11.9 Å². The van der Waals surface area contributed by atoms with Crippen molar-refractivity contribution in [2.24, 2.45) is 0 Å². The zero-order valence-corrected chi connectivity index (χ0v) is 19.4. The lowest BCUT2D eigenvalue weighted by molar-refractivity contribution is -0.130. The van der Waals surface area contributed by atoms with E-state index in [-0.39, 0.29) is 23.9 Å². The van der Waals surface area contributed by atoms with E-state index in [0.717, 1.165) is 27.8 Å². The number of carbonyl (C=O) groups excluding carboxylic acids is 2. The molecule has 1 aliphatic rings. The van der Waals surface area contributed by atoms with E-state index in [1.807, 2.05) is 60.7 Å². The first kappa shape index (κ1) is 21.8. The molecule has 0 aromatic heterocycles. The van der Waals surface area contributed by atoms with Gasteiger partial charge in [-0.25, -0.2) is 4.79 Å². The topological polar surface area (TPSA) is 49.4 Å². The third kappa shape index (κ3) is 3.60. The summed E-state index contributed by atoms with van der Waals surface area (Å²) in [5.41, 5.74) is 4.75. The Morgan fingerprint density at radius 3 is 1.72 bits per heavy atom. The fourth-order valence-corrected chi connectivity index (χ4v) is 4.49. The summed E-state index contributed by atoms with van der Waals surface area (Å²) in [6.45, 7) is 10.9. The van der Waals surface area contributed by atoms with Crippen LogP contribution in [0.25, 0.3) is 0 Å². The summed E-state index contributed by atoms with van der Waals surface area (Å²) in [6, 6.07) is 22.9. The highest BCUT2D eigenvalue weighted by Crippen LogP contribution is 2.37. The predicted octanol–water partition coefficient (Wildman–Crippen LogP) is 5.60. The number of aryl methyl sites for hydroxylation is 2. The number of urea groups is 1. The van der Waals surface area contributed by atoms with Crippen LogP contribution in [0.3, 0.4) is 0 Å². The molecular formula is C28H30N2O2. The van der Waals surface area contributed by atoms with Gasteiger partial charge in [0.15, 0.2) is 5.54 Å². The second kappa shape index (κ2) is 7.94. The van der Waals surface area contributed by atoms with Crippen LogP contribution in [0.15, 0.2) is 72.8 Å². The number of imide groups is 1. The molecule has 0 bridgehead atoms. The molecule has 3 amide bonds. The van der Waals surface area contributed by atoms with Crippen LogP contribution in [0, 0.1) is 13.8 Å². The van der Waals surface area contributed by atoms with Crippen molar-refractivity contribution in [2.45, 2.75) is 52.1 Å². The van der Waals surface area contributed by atoms with Crippen LogP contribution in [0.2, 0.25) is 0 Å². The number of hydrogen-bond donors (Lipinski definition) is 1. The second-order valence-corrected chi connectivity index (χ2v) is 9.64. The molecule has 4 rings (SSSR count). The number of hydrogen-bond acceptors (Lipinski definition) is 2. The molecular weight excluding hydrogens is 396 g/mol.